The summed E-state index contributed by atoms with van der Waals surface area (Å²) in [7, 11) is -4.06. The normalized spacial score (nSPS) is 12.1. The Balaban J connectivity index is 2.01. The van der Waals surface area contributed by atoms with Crippen LogP contribution in [0.4, 0.5) is 5.69 Å². The Labute approximate surface area is 226 Å². The molecule has 38 heavy (non-hydrogen) atoms. The summed E-state index contributed by atoms with van der Waals surface area (Å²) < 4.78 is 28.6. The first-order chi connectivity index (χ1) is 18.1. The second-order valence-electron chi connectivity index (χ2n) is 9.73. The van der Waals surface area contributed by atoms with Gasteiger partial charge in [-0.15, -0.1) is 0 Å². The molecule has 8 heteroatoms. The van der Waals surface area contributed by atoms with Crippen LogP contribution in [0.2, 0.25) is 0 Å². The molecule has 3 aromatic carbocycles. The number of aryl methyl sites for hydroxylation is 1. The molecule has 0 spiro atoms. The number of benzene rings is 3. The minimum absolute atomic E-state index is 0.0877. The van der Waals surface area contributed by atoms with E-state index in [4.69, 9.17) is 0 Å². The monoisotopic (exact) mass is 535 g/mol. The highest BCUT2D eigenvalue weighted by atomic mass is 32.2. The number of hydrogen-bond donors (Lipinski definition) is 1. The van der Waals surface area contributed by atoms with Gasteiger partial charge in [0.2, 0.25) is 11.8 Å². The van der Waals surface area contributed by atoms with Gasteiger partial charge in [0.05, 0.1) is 10.6 Å². The number of nitrogens with one attached hydrogen (secondary N) is 1. The number of hydrogen-bond acceptors (Lipinski definition) is 4. The Morgan fingerprint density at radius 1 is 0.868 bits per heavy atom. The van der Waals surface area contributed by atoms with E-state index in [-0.39, 0.29) is 23.3 Å². The van der Waals surface area contributed by atoms with Gasteiger partial charge in [0.25, 0.3) is 10.0 Å². The van der Waals surface area contributed by atoms with Crippen molar-refractivity contribution < 1.29 is 18.0 Å². The highest BCUT2D eigenvalue weighted by molar-refractivity contribution is 7.92. The van der Waals surface area contributed by atoms with Crippen LogP contribution in [0.25, 0.3) is 0 Å². The highest BCUT2D eigenvalue weighted by Gasteiger charge is 2.33. The van der Waals surface area contributed by atoms with E-state index in [2.05, 4.69) is 5.32 Å². The minimum Gasteiger partial charge on any atom is -0.354 e. The maximum atomic E-state index is 14.0. The SMILES string of the molecule is CC[C@H](C(=O)NCC(C)C)N(Cc1ccccc1)C(=O)CN(c1ccc(C)cc1)S(=O)(=O)c1ccccc1. The third kappa shape index (κ3) is 7.44. The molecular formula is C30H37N3O4S. The summed E-state index contributed by atoms with van der Waals surface area (Å²) >= 11 is 0. The van der Waals surface area contributed by atoms with Crippen LogP contribution in [0.3, 0.4) is 0 Å². The number of anilines is 1. The van der Waals surface area contributed by atoms with Crippen molar-refractivity contribution in [3.8, 4) is 0 Å². The predicted molar refractivity (Wildman–Crippen MR) is 151 cm³/mol. The van der Waals surface area contributed by atoms with Crippen molar-refractivity contribution in [3.05, 3.63) is 96.1 Å². The van der Waals surface area contributed by atoms with Crippen LogP contribution in [-0.4, -0.2) is 44.3 Å². The van der Waals surface area contributed by atoms with Crippen molar-refractivity contribution in [3.63, 3.8) is 0 Å². The maximum absolute atomic E-state index is 14.0. The van der Waals surface area contributed by atoms with Crippen LogP contribution in [0.15, 0.2) is 89.8 Å². The predicted octanol–water partition coefficient (Wildman–Crippen LogP) is 4.77. The van der Waals surface area contributed by atoms with Gasteiger partial charge in [-0.2, -0.15) is 0 Å². The van der Waals surface area contributed by atoms with Gasteiger partial charge in [-0.05, 0) is 49.1 Å². The van der Waals surface area contributed by atoms with Crippen LogP contribution in [0, 0.1) is 12.8 Å². The molecule has 0 heterocycles. The average molecular weight is 536 g/mol. The van der Waals surface area contributed by atoms with Gasteiger partial charge in [-0.3, -0.25) is 13.9 Å². The molecule has 0 saturated carbocycles. The molecule has 1 N–H and O–H groups in total. The zero-order valence-corrected chi connectivity index (χ0v) is 23.3. The van der Waals surface area contributed by atoms with Gasteiger partial charge in [-0.25, -0.2) is 8.42 Å². The van der Waals surface area contributed by atoms with Gasteiger partial charge in [0.1, 0.15) is 12.6 Å². The summed E-state index contributed by atoms with van der Waals surface area (Å²) in [6.45, 7) is 7.99. The van der Waals surface area contributed by atoms with E-state index < -0.39 is 28.5 Å². The van der Waals surface area contributed by atoms with E-state index in [9.17, 15) is 18.0 Å². The first-order valence-corrected chi connectivity index (χ1v) is 14.3. The molecule has 0 aromatic heterocycles. The second kappa shape index (κ2) is 13.2. The zero-order valence-electron chi connectivity index (χ0n) is 22.5. The Bertz CT molecular complexity index is 1290. The van der Waals surface area contributed by atoms with Crippen molar-refractivity contribution in [2.24, 2.45) is 5.92 Å². The van der Waals surface area contributed by atoms with Crippen LogP contribution < -0.4 is 9.62 Å². The highest BCUT2D eigenvalue weighted by Crippen LogP contribution is 2.25. The molecular weight excluding hydrogens is 498 g/mol. The Hall–Kier alpha value is -3.65. The molecule has 7 nitrogen and oxygen atoms in total. The Kier molecular flexibility index (Phi) is 10.1. The number of nitrogens with zero attached hydrogens (tertiary/aromatic N) is 2. The third-order valence-electron chi connectivity index (χ3n) is 6.20. The van der Waals surface area contributed by atoms with Crippen LogP contribution >= 0.6 is 0 Å². The van der Waals surface area contributed by atoms with E-state index >= 15 is 0 Å². The van der Waals surface area contributed by atoms with E-state index in [0.29, 0.717) is 18.7 Å². The summed E-state index contributed by atoms with van der Waals surface area (Å²) in [6.07, 6.45) is 0.387. The molecule has 202 valence electrons. The van der Waals surface area contributed by atoms with Gasteiger partial charge >= 0.3 is 0 Å². The molecule has 3 aromatic rings. The third-order valence-corrected chi connectivity index (χ3v) is 7.99. The minimum atomic E-state index is -4.06. The molecule has 0 radical (unpaired) electrons. The van der Waals surface area contributed by atoms with Crippen LogP contribution in [0.5, 0.6) is 0 Å². The topological polar surface area (TPSA) is 86.8 Å². The van der Waals surface area contributed by atoms with E-state index in [1.54, 1.807) is 30.3 Å². The zero-order chi connectivity index (χ0) is 27.7. The summed E-state index contributed by atoms with van der Waals surface area (Å²) in [5.74, 6) is -0.457. The summed E-state index contributed by atoms with van der Waals surface area (Å²) in [4.78, 5) is 28.7. The van der Waals surface area contributed by atoms with Crippen molar-refractivity contribution in [2.75, 3.05) is 17.4 Å². The average Bonchev–Trinajstić information content (AvgIpc) is 2.92. The van der Waals surface area contributed by atoms with Crippen molar-refractivity contribution >= 4 is 27.5 Å². The Morgan fingerprint density at radius 3 is 2.00 bits per heavy atom. The van der Waals surface area contributed by atoms with Crippen LogP contribution in [-0.2, 0) is 26.2 Å². The quantitative estimate of drug-likeness (QED) is 0.362. The molecule has 0 saturated heterocycles. The van der Waals surface area contributed by atoms with Gasteiger partial charge in [-0.1, -0.05) is 87.0 Å². The number of amides is 2. The molecule has 0 aliphatic heterocycles. The van der Waals surface area contributed by atoms with Gasteiger partial charge < -0.3 is 10.2 Å². The lowest BCUT2D eigenvalue weighted by atomic mass is 10.1. The lowest BCUT2D eigenvalue weighted by Gasteiger charge is -2.33. The van der Waals surface area contributed by atoms with Crippen molar-refractivity contribution in [2.45, 2.75) is 51.6 Å². The molecule has 0 aliphatic carbocycles. The summed E-state index contributed by atoms with van der Waals surface area (Å²) in [6, 6.07) is 23.7. The smallest absolute Gasteiger partial charge is 0.264 e. The summed E-state index contributed by atoms with van der Waals surface area (Å²) in [5, 5.41) is 2.94. The molecule has 0 aliphatic rings. The fraction of sp³-hybridized carbons (Fsp3) is 0.333. The number of sulfonamides is 1. The van der Waals surface area contributed by atoms with E-state index in [0.717, 1.165) is 15.4 Å². The van der Waals surface area contributed by atoms with Gasteiger partial charge in [0.15, 0.2) is 0 Å². The standard InChI is InChI=1S/C30H37N3O4S/c1-5-28(30(35)31-20-23(2)3)32(21-25-12-8-6-9-13-25)29(34)22-33(26-18-16-24(4)17-19-26)38(36,37)27-14-10-7-11-15-27/h6-19,23,28H,5,20-22H2,1-4H3,(H,31,35)/t28-/m1/s1. The van der Waals surface area contributed by atoms with Crippen molar-refractivity contribution in [1.29, 1.82) is 0 Å². The van der Waals surface area contributed by atoms with Crippen LogP contribution in [0.1, 0.15) is 38.3 Å². The summed E-state index contributed by atoms with van der Waals surface area (Å²) in [5.41, 5.74) is 2.20. The second-order valence-corrected chi connectivity index (χ2v) is 11.6. The fourth-order valence-electron chi connectivity index (χ4n) is 4.08. The molecule has 0 bridgehead atoms. The van der Waals surface area contributed by atoms with E-state index in [1.807, 2.05) is 70.2 Å². The number of rotatable bonds is 12. The fourth-order valence-corrected chi connectivity index (χ4v) is 5.52. The van der Waals surface area contributed by atoms with E-state index in [1.165, 1.54) is 17.0 Å². The number of carbonyl (C=O) groups is 2. The Morgan fingerprint density at radius 2 is 1.45 bits per heavy atom. The van der Waals surface area contributed by atoms with Gasteiger partial charge in [0, 0.05) is 13.1 Å². The first-order valence-electron chi connectivity index (χ1n) is 12.9. The molecule has 3 rings (SSSR count). The molecule has 0 fully saturated rings. The first kappa shape index (κ1) is 28.9. The largest absolute Gasteiger partial charge is 0.354 e. The van der Waals surface area contributed by atoms with Crippen molar-refractivity contribution in [1.82, 2.24) is 10.2 Å². The lowest BCUT2D eigenvalue weighted by molar-refractivity contribution is -0.140. The molecule has 1 atom stereocenters. The molecule has 2 amide bonds. The maximum Gasteiger partial charge on any atom is 0.264 e. The molecule has 0 unspecified atom stereocenters. The lowest BCUT2D eigenvalue weighted by Crippen LogP contribution is -2.52. The number of carbonyl (C=O) groups excluding carboxylic acids is 2.